The number of carbonyl (C=O) groups excluding carboxylic acids is 1. The molecular formula is C21H25N3OS2. The van der Waals surface area contributed by atoms with Crippen molar-refractivity contribution >= 4 is 44.4 Å². The van der Waals surface area contributed by atoms with Gasteiger partial charge in [-0.1, -0.05) is 41.2 Å². The molecule has 0 aliphatic rings. The predicted octanol–water partition coefficient (Wildman–Crippen LogP) is 4.46. The van der Waals surface area contributed by atoms with Gasteiger partial charge >= 0.3 is 0 Å². The smallest absolute Gasteiger partial charge is 0.233 e. The van der Waals surface area contributed by atoms with Crippen LogP contribution in [0.4, 0.5) is 5.13 Å². The van der Waals surface area contributed by atoms with E-state index in [0.717, 1.165) is 27.5 Å². The summed E-state index contributed by atoms with van der Waals surface area (Å²) >= 11 is 3.31. The minimum atomic E-state index is 0.0894. The van der Waals surface area contributed by atoms with Crippen molar-refractivity contribution in [2.75, 3.05) is 38.3 Å². The molecule has 0 aliphatic carbocycles. The van der Waals surface area contributed by atoms with Gasteiger partial charge < -0.3 is 4.90 Å². The molecule has 0 atom stereocenters. The number of benzene rings is 2. The molecule has 27 heavy (non-hydrogen) atoms. The van der Waals surface area contributed by atoms with Crippen molar-refractivity contribution in [3.05, 3.63) is 53.6 Å². The fourth-order valence-corrected chi connectivity index (χ4v) is 4.42. The first kappa shape index (κ1) is 19.9. The maximum atomic E-state index is 13.1. The Morgan fingerprint density at radius 1 is 1.15 bits per heavy atom. The van der Waals surface area contributed by atoms with E-state index in [1.54, 1.807) is 23.1 Å². The minimum Gasteiger partial charge on any atom is -0.308 e. The van der Waals surface area contributed by atoms with Gasteiger partial charge in [-0.05, 0) is 51.0 Å². The molecule has 0 bridgehead atoms. The predicted molar refractivity (Wildman–Crippen MR) is 117 cm³/mol. The van der Waals surface area contributed by atoms with E-state index in [2.05, 4.69) is 42.3 Å². The van der Waals surface area contributed by atoms with Gasteiger partial charge in [0.05, 0.1) is 16.6 Å². The third-order valence-corrected chi connectivity index (χ3v) is 6.09. The van der Waals surface area contributed by atoms with E-state index in [1.807, 2.05) is 37.2 Å². The van der Waals surface area contributed by atoms with Crippen LogP contribution in [0.15, 0.2) is 47.4 Å². The lowest BCUT2D eigenvalue weighted by molar-refractivity contribution is -0.118. The lowest BCUT2D eigenvalue weighted by Crippen LogP contribution is -2.37. The molecule has 0 saturated heterocycles. The van der Waals surface area contributed by atoms with Gasteiger partial charge in [-0.2, -0.15) is 0 Å². The quantitative estimate of drug-likeness (QED) is 0.550. The van der Waals surface area contributed by atoms with E-state index < -0.39 is 0 Å². The number of thiazole rings is 1. The molecule has 0 fully saturated rings. The molecule has 1 amide bonds. The van der Waals surface area contributed by atoms with Gasteiger partial charge in [-0.25, -0.2) is 4.98 Å². The van der Waals surface area contributed by atoms with Gasteiger partial charge in [0.2, 0.25) is 5.91 Å². The number of likely N-dealkylation sites (N-methyl/N-ethyl adjacent to an activating group) is 1. The van der Waals surface area contributed by atoms with E-state index in [-0.39, 0.29) is 5.91 Å². The third-order valence-electron chi connectivity index (χ3n) is 4.32. The SMILES string of the molecule is CSc1ccc2nc(N(CCN(C)C)C(=O)Cc3cccc(C)c3)sc2c1. The van der Waals surface area contributed by atoms with Gasteiger partial charge in [0.25, 0.3) is 0 Å². The van der Waals surface area contributed by atoms with E-state index in [9.17, 15) is 4.79 Å². The van der Waals surface area contributed by atoms with Crippen molar-refractivity contribution in [1.82, 2.24) is 9.88 Å². The van der Waals surface area contributed by atoms with Crippen molar-refractivity contribution in [3.8, 4) is 0 Å². The fraction of sp³-hybridized carbons (Fsp3) is 0.333. The van der Waals surface area contributed by atoms with E-state index in [0.29, 0.717) is 13.0 Å². The lowest BCUT2D eigenvalue weighted by Gasteiger charge is -2.22. The zero-order valence-corrected chi connectivity index (χ0v) is 17.9. The Labute approximate surface area is 169 Å². The van der Waals surface area contributed by atoms with Gasteiger partial charge in [0, 0.05) is 18.0 Å². The normalized spacial score (nSPS) is 11.3. The second-order valence-electron chi connectivity index (χ2n) is 6.84. The highest BCUT2D eigenvalue weighted by molar-refractivity contribution is 7.98. The molecule has 0 spiro atoms. The first-order valence-electron chi connectivity index (χ1n) is 8.91. The molecule has 3 rings (SSSR count). The Morgan fingerprint density at radius 2 is 1.96 bits per heavy atom. The van der Waals surface area contributed by atoms with Gasteiger partial charge in [-0.15, -0.1) is 11.8 Å². The molecule has 1 heterocycles. The molecule has 1 aromatic heterocycles. The molecule has 0 N–H and O–H groups in total. The summed E-state index contributed by atoms with van der Waals surface area (Å²) in [6.07, 6.45) is 2.46. The van der Waals surface area contributed by atoms with Crippen molar-refractivity contribution in [2.24, 2.45) is 0 Å². The Morgan fingerprint density at radius 3 is 2.67 bits per heavy atom. The number of fused-ring (bicyclic) bond motifs is 1. The number of nitrogens with zero attached hydrogens (tertiary/aromatic N) is 3. The number of amides is 1. The molecule has 142 valence electrons. The van der Waals surface area contributed by atoms with E-state index >= 15 is 0 Å². The van der Waals surface area contributed by atoms with Crippen molar-refractivity contribution in [1.29, 1.82) is 0 Å². The fourth-order valence-electron chi connectivity index (χ4n) is 2.85. The Bertz CT molecular complexity index is 936. The topological polar surface area (TPSA) is 36.4 Å². The first-order valence-corrected chi connectivity index (χ1v) is 11.0. The Kier molecular flexibility index (Phi) is 6.52. The average Bonchev–Trinajstić information content (AvgIpc) is 3.04. The monoisotopic (exact) mass is 399 g/mol. The average molecular weight is 400 g/mol. The van der Waals surface area contributed by atoms with Crippen LogP contribution in [0.2, 0.25) is 0 Å². The highest BCUT2D eigenvalue weighted by Gasteiger charge is 2.20. The van der Waals surface area contributed by atoms with Gasteiger partial charge in [0.1, 0.15) is 0 Å². The Balaban J connectivity index is 1.89. The zero-order valence-electron chi connectivity index (χ0n) is 16.2. The molecule has 4 nitrogen and oxygen atoms in total. The van der Waals surface area contributed by atoms with Crippen molar-refractivity contribution < 1.29 is 4.79 Å². The van der Waals surface area contributed by atoms with Gasteiger partial charge in [0.15, 0.2) is 5.13 Å². The van der Waals surface area contributed by atoms with Crippen LogP contribution in [0.5, 0.6) is 0 Å². The van der Waals surface area contributed by atoms with Crippen LogP contribution in [0, 0.1) is 6.92 Å². The molecule has 0 saturated carbocycles. The summed E-state index contributed by atoms with van der Waals surface area (Å²) in [5.41, 5.74) is 3.16. The second kappa shape index (κ2) is 8.87. The Hall–Kier alpha value is -1.89. The summed E-state index contributed by atoms with van der Waals surface area (Å²) in [6, 6.07) is 14.4. The maximum Gasteiger partial charge on any atom is 0.233 e. The maximum absolute atomic E-state index is 13.1. The highest BCUT2D eigenvalue weighted by Crippen LogP contribution is 2.32. The molecule has 0 aliphatic heterocycles. The number of thioether (sulfide) groups is 1. The number of rotatable bonds is 7. The molecule has 6 heteroatoms. The molecular weight excluding hydrogens is 374 g/mol. The van der Waals surface area contributed by atoms with Crippen LogP contribution in [-0.4, -0.2) is 49.2 Å². The summed E-state index contributed by atoms with van der Waals surface area (Å²) in [5, 5.41) is 0.780. The number of hydrogen-bond donors (Lipinski definition) is 0. The first-order chi connectivity index (χ1) is 13.0. The summed E-state index contributed by atoms with van der Waals surface area (Å²) in [7, 11) is 4.04. The molecule has 0 radical (unpaired) electrons. The number of anilines is 1. The summed E-state index contributed by atoms with van der Waals surface area (Å²) < 4.78 is 1.12. The largest absolute Gasteiger partial charge is 0.308 e. The van der Waals surface area contributed by atoms with Crippen LogP contribution < -0.4 is 4.90 Å². The van der Waals surface area contributed by atoms with Gasteiger partial charge in [-0.3, -0.25) is 9.69 Å². The molecule has 2 aromatic carbocycles. The highest BCUT2D eigenvalue weighted by atomic mass is 32.2. The van der Waals surface area contributed by atoms with Crippen LogP contribution in [-0.2, 0) is 11.2 Å². The molecule has 3 aromatic rings. The molecule has 0 unspecified atom stereocenters. The van der Waals surface area contributed by atoms with Crippen LogP contribution in [0.25, 0.3) is 10.2 Å². The summed E-state index contributed by atoms with van der Waals surface area (Å²) in [5.74, 6) is 0.0894. The van der Waals surface area contributed by atoms with Crippen molar-refractivity contribution in [2.45, 2.75) is 18.2 Å². The van der Waals surface area contributed by atoms with Crippen LogP contribution in [0.3, 0.4) is 0 Å². The summed E-state index contributed by atoms with van der Waals surface area (Å²) in [6.45, 7) is 3.48. The second-order valence-corrected chi connectivity index (χ2v) is 8.73. The van der Waals surface area contributed by atoms with Crippen molar-refractivity contribution in [3.63, 3.8) is 0 Å². The standard InChI is InChI=1S/C21H25N3OS2/c1-15-6-5-7-16(12-15)13-20(25)24(11-10-23(2)3)21-22-18-9-8-17(26-4)14-19(18)27-21/h5-9,12,14H,10-11,13H2,1-4H3. The zero-order chi connectivity index (χ0) is 19.4. The minimum absolute atomic E-state index is 0.0894. The number of aryl methyl sites for hydroxylation is 1. The number of carbonyl (C=O) groups is 1. The van der Waals surface area contributed by atoms with Crippen LogP contribution >= 0.6 is 23.1 Å². The van der Waals surface area contributed by atoms with E-state index in [4.69, 9.17) is 4.98 Å². The lowest BCUT2D eigenvalue weighted by atomic mass is 10.1. The van der Waals surface area contributed by atoms with E-state index in [1.165, 1.54) is 10.5 Å². The number of aromatic nitrogens is 1. The number of hydrogen-bond acceptors (Lipinski definition) is 5. The third kappa shape index (κ3) is 5.09. The summed E-state index contributed by atoms with van der Waals surface area (Å²) in [4.78, 5) is 23.0. The van der Waals surface area contributed by atoms with Crippen LogP contribution in [0.1, 0.15) is 11.1 Å².